The van der Waals surface area contributed by atoms with Crippen molar-refractivity contribution in [2.75, 3.05) is 52.5 Å². The van der Waals surface area contributed by atoms with Crippen LogP contribution in [0.1, 0.15) is 13.3 Å². The van der Waals surface area contributed by atoms with Crippen molar-refractivity contribution < 1.29 is 14.6 Å². The van der Waals surface area contributed by atoms with Crippen molar-refractivity contribution in [3.8, 4) is 0 Å². The van der Waals surface area contributed by atoms with Crippen LogP contribution in [-0.2, 0) is 9.53 Å². The van der Waals surface area contributed by atoms with Gasteiger partial charge in [-0.2, -0.15) is 0 Å². The first-order valence-corrected chi connectivity index (χ1v) is 6.92. The van der Waals surface area contributed by atoms with E-state index >= 15 is 0 Å². The van der Waals surface area contributed by atoms with E-state index in [0.717, 1.165) is 45.8 Å². The SMILES string of the molecule is CC1CC1C(=O)N(CCO)CCN1CCOCC1. The third kappa shape index (κ3) is 3.67. The first-order chi connectivity index (χ1) is 8.72. The summed E-state index contributed by atoms with van der Waals surface area (Å²) < 4.78 is 5.30. The van der Waals surface area contributed by atoms with Crippen molar-refractivity contribution in [3.05, 3.63) is 0 Å². The topological polar surface area (TPSA) is 53.0 Å². The summed E-state index contributed by atoms with van der Waals surface area (Å²) >= 11 is 0. The van der Waals surface area contributed by atoms with Crippen LogP contribution in [0.2, 0.25) is 0 Å². The van der Waals surface area contributed by atoms with Crippen LogP contribution in [0.25, 0.3) is 0 Å². The third-order valence-electron chi connectivity index (χ3n) is 3.90. The molecule has 18 heavy (non-hydrogen) atoms. The minimum Gasteiger partial charge on any atom is -0.395 e. The van der Waals surface area contributed by atoms with E-state index in [1.54, 1.807) is 0 Å². The molecule has 0 radical (unpaired) electrons. The van der Waals surface area contributed by atoms with Crippen molar-refractivity contribution in [2.24, 2.45) is 11.8 Å². The summed E-state index contributed by atoms with van der Waals surface area (Å²) in [5.74, 6) is 0.966. The predicted molar refractivity (Wildman–Crippen MR) is 68.2 cm³/mol. The number of ether oxygens (including phenoxy) is 1. The Balaban J connectivity index is 1.76. The highest BCUT2D eigenvalue weighted by Gasteiger charge is 2.41. The lowest BCUT2D eigenvalue weighted by molar-refractivity contribution is -0.133. The lowest BCUT2D eigenvalue weighted by Crippen LogP contribution is -2.44. The number of carbonyl (C=O) groups excluding carboxylic acids is 1. The maximum absolute atomic E-state index is 12.2. The molecule has 1 aliphatic heterocycles. The van der Waals surface area contributed by atoms with Gasteiger partial charge in [0.05, 0.1) is 19.8 Å². The van der Waals surface area contributed by atoms with Gasteiger partial charge in [0.15, 0.2) is 0 Å². The van der Waals surface area contributed by atoms with E-state index in [1.807, 2.05) is 4.90 Å². The summed E-state index contributed by atoms with van der Waals surface area (Å²) in [7, 11) is 0. The van der Waals surface area contributed by atoms with Gasteiger partial charge in [-0.3, -0.25) is 9.69 Å². The van der Waals surface area contributed by atoms with Gasteiger partial charge in [-0.05, 0) is 12.3 Å². The largest absolute Gasteiger partial charge is 0.395 e. The first kappa shape index (κ1) is 13.8. The second kappa shape index (κ2) is 6.50. The molecule has 0 spiro atoms. The maximum atomic E-state index is 12.2. The zero-order valence-corrected chi connectivity index (χ0v) is 11.2. The van der Waals surface area contributed by atoms with E-state index in [1.165, 1.54) is 0 Å². The van der Waals surface area contributed by atoms with E-state index in [-0.39, 0.29) is 18.4 Å². The Bertz CT molecular complexity index is 279. The van der Waals surface area contributed by atoms with Gasteiger partial charge in [0.25, 0.3) is 0 Å². The number of nitrogens with zero attached hydrogens (tertiary/aromatic N) is 2. The fraction of sp³-hybridized carbons (Fsp3) is 0.923. The molecule has 0 aromatic carbocycles. The van der Waals surface area contributed by atoms with Crippen molar-refractivity contribution in [1.82, 2.24) is 9.80 Å². The molecule has 1 heterocycles. The first-order valence-electron chi connectivity index (χ1n) is 6.92. The summed E-state index contributed by atoms with van der Waals surface area (Å²) in [6, 6.07) is 0. The second-order valence-corrected chi connectivity index (χ2v) is 5.32. The Morgan fingerprint density at radius 3 is 2.61 bits per heavy atom. The van der Waals surface area contributed by atoms with E-state index in [4.69, 9.17) is 9.84 Å². The number of hydrogen-bond donors (Lipinski definition) is 1. The molecule has 2 atom stereocenters. The molecule has 0 aromatic heterocycles. The molecule has 5 nitrogen and oxygen atoms in total. The fourth-order valence-electron chi connectivity index (χ4n) is 2.44. The molecule has 2 fully saturated rings. The molecular weight excluding hydrogens is 232 g/mol. The molecule has 104 valence electrons. The molecule has 0 aromatic rings. The highest BCUT2D eigenvalue weighted by atomic mass is 16.5. The van der Waals surface area contributed by atoms with Gasteiger partial charge >= 0.3 is 0 Å². The number of amides is 1. The van der Waals surface area contributed by atoms with Crippen molar-refractivity contribution in [2.45, 2.75) is 13.3 Å². The molecule has 1 N–H and O–H groups in total. The molecule has 5 heteroatoms. The molecule has 2 rings (SSSR count). The van der Waals surface area contributed by atoms with Crippen LogP contribution >= 0.6 is 0 Å². The van der Waals surface area contributed by atoms with Gasteiger partial charge < -0.3 is 14.7 Å². The smallest absolute Gasteiger partial charge is 0.226 e. The molecule has 1 aliphatic carbocycles. The number of carbonyl (C=O) groups is 1. The van der Waals surface area contributed by atoms with Crippen LogP contribution < -0.4 is 0 Å². The summed E-state index contributed by atoms with van der Waals surface area (Å²) in [4.78, 5) is 16.3. The number of morpholine rings is 1. The van der Waals surface area contributed by atoms with E-state index < -0.39 is 0 Å². The molecule has 1 saturated heterocycles. The Kier molecular flexibility index (Phi) is 4.97. The van der Waals surface area contributed by atoms with Gasteiger partial charge in [0.1, 0.15) is 0 Å². The maximum Gasteiger partial charge on any atom is 0.226 e. The van der Waals surface area contributed by atoms with Crippen LogP contribution in [0.5, 0.6) is 0 Å². The van der Waals surface area contributed by atoms with Gasteiger partial charge in [0.2, 0.25) is 5.91 Å². The zero-order valence-electron chi connectivity index (χ0n) is 11.2. The van der Waals surface area contributed by atoms with Crippen LogP contribution in [0.4, 0.5) is 0 Å². The van der Waals surface area contributed by atoms with Crippen LogP contribution in [0, 0.1) is 11.8 Å². The normalized spacial score (nSPS) is 28.1. The van der Waals surface area contributed by atoms with Crippen molar-refractivity contribution >= 4 is 5.91 Å². The minimum absolute atomic E-state index is 0.0515. The highest BCUT2D eigenvalue weighted by Crippen LogP contribution is 2.39. The zero-order chi connectivity index (χ0) is 13.0. The molecule has 1 amide bonds. The quantitative estimate of drug-likeness (QED) is 0.715. The summed E-state index contributed by atoms with van der Waals surface area (Å²) in [5, 5.41) is 9.06. The average Bonchev–Trinajstić information content (AvgIpc) is 3.12. The Morgan fingerprint density at radius 2 is 2.06 bits per heavy atom. The van der Waals surface area contributed by atoms with Gasteiger partial charge in [-0.25, -0.2) is 0 Å². The summed E-state index contributed by atoms with van der Waals surface area (Å²) in [5.41, 5.74) is 0. The summed E-state index contributed by atoms with van der Waals surface area (Å²) in [6.45, 7) is 7.70. The fourth-order valence-corrected chi connectivity index (χ4v) is 2.44. The van der Waals surface area contributed by atoms with Gasteiger partial charge in [-0.1, -0.05) is 6.92 Å². The average molecular weight is 256 g/mol. The van der Waals surface area contributed by atoms with Crippen LogP contribution in [0.15, 0.2) is 0 Å². The standard InChI is InChI=1S/C13H24N2O3/c1-11-10-12(11)13(17)15(4-7-16)3-2-14-5-8-18-9-6-14/h11-12,16H,2-10H2,1H3. The van der Waals surface area contributed by atoms with Gasteiger partial charge in [0, 0.05) is 38.6 Å². The summed E-state index contributed by atoms with van der Waals surface area (Å²) in [6.07, 6.45) is 1.01. The molecule has 2 unspecified atom stereocenters. The Hall–Kier alpha value is -0.650. The van der Waals surface area contributed by atoms with Gasteiger partial charge in [-0.15, -0.1) is 0 Å². The second-order valence-electron chi connectivity index (χ2n) is 5.32. The third-order valence-corrected chi connectivity index (χ3v) is 3.90. The highest BCUT2D eigenvalue weighted by molar-refractivity contribution is 5.81. The Morgan fingerprint density at radius 1 is 1.39 bits per heavy atom. The van der Waals surface area contributed by atoms with Crippen LogP contribution in [-0.4, -0.2) is 73.4 Å². The number of aliphatic hydroxyl groups excluding tert-OH is 1. The Labute approximate surface area is 109 Å². The molecular formula is C13H24N2O3. The minimum atomic E-state index is 0.0515. The van der Waals surface area contributed by atoms with Crippen molar-refractivity contribution in [3.63, 3.8) is 0 Å². The van der Waals surface area contributed by atoms with Crippen LogP contribution in [0.3, 0.4) is 0 Å². The molecule has 2 aliphatic rings. The lowest BCUT2D eigenvalue weighted by Gasteiger charge is -2.30. The number of rotatable bonds is 6. The van der Waals surface area contributed by atoms with E-state index in [9.17, 15) is 4.79 Å². The van der Waals surface area contributed by atoms with E-state index in [0.29, 0.717) is 12.5 Å². The number of hydrogen-bond acceptors (Lipinski definition) is 4. The predicted octanol–water partition coefficient (Wildman–Crippen LogP) is -0.204. The van der Waals surface area contributed by atoms with E-state index in [2.05, 4.69) is 11.8 Å². The molecule has 1 saturated carbocycles. The number of aliphatic hydroxyl groups is 1. The lowest BCUT2D eigenvalue weighted by atomic mass is 10.3. The molecule has 0 bridgehead atoms. The monoisotopic (exact) mass is 256 g/mol. The van der Waals surface area contributed by atoms with Crippen molar-refractivity contribution in [1.29, 1.82) is 0 Å².